The van der Waals surface area contributed by atoms with Crippen LogP contribution in [0, 0.1) is 0 Å². The van der Waals surface area contributed by atoms with Crippen LogP contribution >= 0.6 is 0 Å². The molecule has 0 amide bonds. The molecule has 0 bridgehead atoms. The van der Waals surface area contributed by atoms with Gasteiger partial charge in [0.1, 0.15) is 11.5 Å². The summed E-state index contributed by atoms with van der Waals surface area (Å²) in [7, 11) is 0. The largest absolute Gasteiger partial charge is 0.455 e. The fourth-order valence-corrected chi connectivity index (χ4v) is 2.40. The lowest BCUT2D eigenvalue weighted by molar-refractivity contribution is 0.0217. The van der Waals surface area contributed by atoms with Crippen molar-refractivity contribution >= 4 is 5.78 Å². The van der Waals surface area contributed by atoms with Gasteiger partial charge in [0.25, 0.3) is 0 Å². The molecule has 3 aromatic carbocycles. The Bertz CT molecular complexity index is 798. The summed E-state index contributed by atoms with van der Waals surface area (Å²) in [4.78, 5) is 12.7. The van der Waals surface area contributed by atoms with E-state index in [2.05, 4.69) is 0 Å². The quantitative estimate of drug-likeness (QED) is 0.487. The van der Waals surface area contributed by atoms with Crippen LogP contribution < -0.4 is 9.47 Å². The summed E-state index contributed by atoms with van der Waals surface area (Å²) < 4.78 is 11.6. The average molecular weight is 318 g/mol. The summed E-state index contributed by atoms with van der Waals surface area (Å²) in [6.07, 6.45) is -0.517. The number of ether oxygens (including phenoxy) is 2. The van der Waals surface area contributed by atoms with Gasteiger partial charge < -0.3 is 9.47 Å². The Hall–Kier alpha value is -3.07. The molecule has 3 heteroatoms. The van der Waals surface area contributed by atoms with Gasteiger partial charge in [-0.25, -0.2) is 0 Å². The number of benzene rings is 3. The molecule has 0 aliphatic carbocycles. The molecule has 0 spiro atoms. The minimum Gasteiger partial charge on any atom is -0.455 e. The van der Waals surface area contributed by atoms with E-state index in [0.29, 0.717) is 16.9 Å². The van der Waals surface area contributed by atoms with Crippen molar-refractivity contribution < 1.29 is 14.3 Å². The van der Waals surface area contributed by atoms with Gasteiger partial charge in [0, 0.05) is 12.5 Å². The first-order chi connectivity index (χ1) is 11.7. The average Bonchev–Trinajstić information content (AvgIpc) is 2.63. The molecule has 24 heavy (non-hydrogen) atoms. The Morgan fingerprint density at radius 2 is 1.33 bits per heavy atom. The van der Waals surface area contributed by atoms with E-state index in [4.69, 9.17) is 9.47 Å². The van der Waals surface area contributed by atoms with E-state index < -0.39 is 6.29 Å². The Balaban J connectivity index is 1.78. The number of ketones is 1. The number of rotatable bonds is 6. The lowest BCUT2D eigenvalue weighted by Crippen LogP contribution is -2.21. The zero-order valence-corrected chi connectivity index (χ0v) is 13.4. The summed E-state index contributed by atoms with van der Waals surface area (Å²) in [6, 6.07) is 25.8. The summed E-state index contributed by atoms with van der Waals surface area (Å²) in [6.45, 7) is 1.80. The van der Waals surface area contributed by atoms with E-state index in [1.165, 1.54) is 0 Å². The number of carbonyl (C=O) groups is 1. The summed E-state index contributed by atoms with van der Waals surface area (Å²) in [5, 5.41) is 0. The Morgan fingerprint density at radius 3 is 2.04 bits per heavy atom. The van der Waals surface area contributed by atoms with Crippen molar-refractivity contribution in [2.75, 3.05) is 0 Å². The molecule has 0 N–H and O–H groups in total. The van der Waals surface area contributed by atoms with Gasteiger partial charge in [-0.15, -0.1) is 0 Å². The number of carbonyl (C=O) groups excluding carboxylic acids is 1. The third kappa shape index (κ3) is 3.82. The molecule has 0 aliphatic rings. The van der Waals surface area contributed by atoms with Gasteiger partial charge in [-0.05, 0) is 24.3 Å². The minimum atomic E-state index is -0.517. The van der Waals surface area contributed by atoms with E-state index in [0.717, 1.165) is 5.75 Å². The number of hydrogen-bond donors (Lipinski definition) is 0. The molecular formula is C21H18O3. The first kappa shape index (κ1) is 15.8. The van der Waals surface area contributed by atoms with Gasteiger partial charge in [0.2, 0.25) is 6.29 Å². The van der Waals surface area contributed by atoms with Crippen LogP contribution in [0.3, 0.4) is 0 Å². The summed E-state index contributed by atoms with van der Waals surface area (Å²) in [5.41, 5.74) is 1.15. The molecule has 1 unspecified atom stereocenters. The zero-order chi connectivity index (χ0) is 16.8. The van der Waals surface area contributed by atoms with Crippen LogP contribution in [0.4, 0.5) is 0 Å². The lowest BCUT2D eigenvalue weighted by atomic mass is 10.0. The van der Waals surface area contributed by atoms with Gasteiger partial charge in [0.05, 0.1) is 5.56 Å². The van der Waals surface area contributed by atoms with E-state index in [1.54, 1.807) is 31.2 Å². The second kappa shape index (κ2) is 7.47. The molecular weight excluding hydrogens is 300 g/mol. The first-order valence-corrected chi connectivity index (χ1v) is 7.81. The normalized spacial score (nSPS) is 11.5. The van der Waals surface area contributed by atoms with Crippen molar-refractivity contribution in [2.24, 2.45) is 0 Å². The monoisotopic (exact) mass is 318 g/mol. The number of para-hydroxylation sites is 2. The Morgan fingerprint density at radius 1 is 0.750 bits per heavy atom. The third-order valence-corrected chi connectivity index (χ3v) is 3.51. The third-order valence-electron chi connectivity index (χ3n) is 3.51. The molecule has 3 rings (SSSR count). The highest BCUT2D eigenvalue weighted by Gasteiger charge is 2.16. The van der Waals surface area contributed by atoms with E-state index in [9.17, 15) is 4.79 Å². The van der Waals surface area contributed by atoms with Crippen LogP contribution in [0.2, 0.25) is 0 Å². The second-order valence-corrected chi connectivity index (χ2v) is 5.31. The van der Waals surface area contributed by atoms with Gasteiger partial charge in [0.15, 0.2) is 5.78 Å². The maximum absolute atomic E-state index is 12.7. The fraction of sp³-hybridized carbons (Fsp3) is 0.0952. The molecule has 0 fully saturated rings. The van der Waals surface area contributed by atoms with Gasteiger partial charge >= 0.3 is 0 Å². The maximum atomic E-state index is 12.7. The molecule has 3 aromatic rings. The highest BCUT2D eigenvalue weighted by Crippen LogP contribution is 2.23. The van der Waals surface area contributed by atoms with Crippen LogP contribution in [0.25, 0.3) is 0 Å². The fourth-order valence-electron chi connectivity index (χ4n) is 2.40. The molecule has 0 aromatic heterocycles. The van der Waals surface area contributed by atoms with Crippen molar-refractivity contribution in [1.29, 1.82) is 0 Å². The van der Waals surface area contributed by atoms with Crippen molar-refractivity contribution in [3.8, 4) is 11.5 Å². The second-order valence-electron chi connectivity index (χ2n) is 5.31. The Kier molecular flexibility index (Phi) is 4.92. The van der Waals surface area contributed by atoms with Crippen molar-refractivity contribution in [1.82, 2.24) is 0 Å². The SMILES string of the molecule is CC(Oc1ccccc1)Oc1ccccc1C(=O)c1ccccc1. The van der Waals surface area contributed by atoms with Crippen molar-refractivity contribution in [3.63, 3.8) is 0 Å². The van der Waals surface area contributed by atoms with Crippen LogP contribution in [0.15, 0.2) is 84.9 Å². The van der Waals surface area contributed by atoms with Gasteiger partial charge in [-0.1, -0.05) is 60.7 Å². The Labute approximate surface area is 141 Å². The topological polar surface area (TPSA) is 35.5 Å². The maximum Gasteiger partial charge on any atom is 0.238 e. The molecule has 0 saturated carbocycles. The molecule has 0 heterocycles. The first-order valence-electron chi connectivity index (χ1n) is 7.81. The molecule has 120 valence electrons. The highest BCUT2D eigenvalue weighted by atomic mass is 16.7. The summed E-state index contributed by atoms with van der Waals surface area (Å²) in [5.74, 6) is 1.16. The smallest absolute Gasteiger partial charge is 0.238 e. The zero-order valence-electron chi connectivity index (χ0n) is 13.4. The molecule has 3 nitrogen and oxygen atoms in total. The van der Waals surface area contributed by atoms with E-state index in [-0.39, 0.29) is 5.78 Å². The summed E-state index contributed by atoms with van der Waals surface area (Å²) >= 11 is 0. The van der Waals surface area contributed by atoms with Crippen molar-refractivity contribution in [2.45, 2.75) is 13.2 Å². The molecule has 0 radical (unpaired) electrons. The van der Waals surface area contributed by atoms with Crippen LogP contribution in [-0.2, 0) is 0 Å². The predicted octanol–water partition coefficient (Wildman–Crippen LogP) is 4.72. The standard InChI is InChI=1S/C21H18O3/c1-16(23-18-12-6-3-7-13-18)24-20-15-9-8-14-19(20)21(22)17-10-4-2-5-11-17/h2-16H,1H3. The predicted molar refractivity (Wildman–Crippen MR) is 93.5 cm³/mol. The van der Waals surface area contributed by atoms with E-state index >= 15 is 0 Å². The molecule has 1 atom stereocenters. The number of hydrogen-bond acceptors (Lipinski definition) is 3. The van der Waals surface area contributed by atoms with Gasteiger partial charge in [-0.3, -0.25) is 4.79 Å². The molecule has 0 saturated heterocycles. The van der Waals surface area contributed by atoms with Crippen LogP contribution in [0.5, 0.6) is 11.5 Å². The van der Waals surface area contributed by atoms with Crippen LogP contribution in [0.1, 0.15) is 22.8 Å². The van der Waals surface area contributed by atoms with Gasteiger partial charge in [-0.2, -0.15) is 0 Å². The highest BCUT2D eigenvalue weighted by molar-refractivity contribution is 6.10. The van der Waals surface area contributed by atoms with E-state index in [1.807, 2.05) is 60.7 Å². The molecule has 0 aliphatic heterocycles. The minimum absolute atomic E-state index is 0.0712. The van der Waals surface area contributed by atoms with Crippen molar-refractivity contribution in [3.05, 3.63) is 96.1 Å². The lowest BCUT2D eigenvalue weighted by Gasteiger charge is -2.18. The van der Waals surface area contributed by atoms with Crippen LogP contribution in [-0.4, -0.2) is 12.1 Å².